The molecule has 0 aromatic heterocycles. The Morgan fingerprint density at radius 2 is 2.11 bits per heavy atom. The number of piperidine rings is 1. The normalized spacial score (nSPS) is 21.5. The molecule has 1 aromatic rings. The summed E-state index contributed by atoms with van der Waals surface area (Å²) < 4.78 is 52.3. The third-order valence-corrected chi connectivity index (χ3v) is 5.23. The van der Waals surface area contributed by atoms with E-state index in [2.05, 4.69) is 0 Å². The van der Waals surface area contributed by atoms with Crippen LogP contribution in [0.25, 0.3) is 0 Å². The summed E-state index contributed by atoms with van der Waals surface area (Å²) in [5, 5.41) is 0. The van der Waals surface area contributed by atoms with Gasteiger partial charge >= 0.3 is 0 Å². The zero-order valence-electron chi connectivity index (χ0n) is 10.4. The van der Waals surface area contributed by atoms with E-state index in [1.165, 1.54) is 4.31 Å². The fraction of sp³-hybridized carbons (Fsp3) is 0.500. The van der Waals surface area contributed by atoms with E-state index in [0.29, 0.717) is 25.6 Å². The third kappa shape index (κ3) is 2.93. The summed E-state index contributed by atoms with van der Waals surface area (Å²) in [5.41, 5.74) is 5.55. The molecule has 1 atom stereocenters. The minimum Gasteiger partial charge on any atom is -0.330 e. The minimum absolute atomic E-state index is 0.0898. The number of hydrogen-bond acceptors (Lipinski definition) is 3. The van der Waals surface area contributed by atoms with Gasteiger partial charge in [-0.3, -0.25) is 0 Å². The van der Waals surface area contributed by atoms with Crippen molar-refractivity contribution in [2.45, 2.75) is 17.7 Å². The second kappa shape index (κ2) is 5.52. The quantitative estimate of drug-likeness (QED) is 0.913. The van der Waals surface area contributed by atoms with Gasteiger partial charge < -0.3 is 5.73 Å². The van der Waals surface area contributed by atoms with E-state index in [1.807, 2.05) is 0 Å². The largest absolute Gasteiger partial charge is 0.330 e. The molecule has 1 heterocycles. The molecule has 0 saturated carbocycles. The molecule has 0 aliphatic carbocycles. The smallest absolute Gasteiger partial charge is 0.245 e. The van der Waals surface area contributed by atoms with E-state index in [9.17, 15) is 17.2 Å². The molecule has 1 aliphatic rings. The van der Waals surface area contributed by atoms with Crippen LogP contribution in [0.3, 0.4) is 0 Å². The highest BCUT2D eigenvalue weighted by Crippen LogP contribution is 2.25. The molecule has 0 radical (unpaired) electrons. The van der Waals surface area contributed by atoms with Crippen LogP contribution < -0.4 is 5.73 Å². The zero-order chi connectivity index (χ0) is 14.0. The Labute approximate surface area is 111 Å². The first kappa shape index (κ1) is 14.4. The molecule has 2 N–H and O–H groups in total. The Kier molecular flexibility index (Phi) is 4.17. The average Bonchev–Trinajstić information content (AvgIpc) is 2.38. The highest BCUT2D eigenvalue weighted by molar-refractivity contribution is 7.89. The van der Waals surface area contributed by atoms with Crippen molar-refractivity contribution in [2.75, 3.05) is 19.6 Å². The molecule has 1 saturated heterocycles. The van der Waals surface area contributed by atoms with Crippen LogP contribution in [0.4, 0.5) is 8.78 Å². The highest BCUT2D eigenvalue weighted by atomic mass is 32.2. The highest BCUT2D eigenvalue weighted by Gasteiger charge is 2.31. The summed E-state index contributed by atoms with van der Waals surface area (Å²) in [6.07, 6.45) is 1.57. The van der Waals surface area contributed by atoms with E-state index in [-0.39, 0.29) is 12.5 Å². The minimum atomic E-state index is -3.92. The molecule has 1 unspecified atom stereocenters. The molecule has 0 amide bonds. The lowest BCUT2D eigenvalue weighted by molar-refractivity contribution is 0.270. The van der Waals surface area contributed by atoms with Crippen LogP contribution in [0.15, 0.2) is 23.1 Å². The van der Waals surface area contributed by atoms with Gasteiger partial charge in [-0.05, 0) is 37.4 Å². The van der Waals surface area contributed by atoms with Crippen molar-refractivity contribution in [2.24, 2.45) is 11.7 Å². The van der Waals surface area contributed by atoms with Gasteiger partial charge in [0.1, 0.15) is 16.5 Å². The lowest BCUT2D eigenvalue weighted by Gasteiger charge is -2.31. The number of nitrogens with zero attached hydrogens (tertiary/aromatic N) is 1. The van der Waals surface area contributed by atoms with Gasteiger partial charge in [0, 0.05) is 19.2 Å². The van der Waals surface area contributed by atoms with Crippen LogP contribution in [-0.2, 0) is 10.0 Å². The van der Waals surface area contributed by atoms with Crippen molar-refractivity contribution in [3.63, 3.8) is 0 Å². The Morgan fingerprint density at radius 3 is 2.74 bits per heavy atom. The fourth-order valence-corrected chi connectivity index (χ4v) is 3.86. The number of sulfonamides is 1. The number of halogens is 2. The Balaban J connectivity index is 2.31. The van der Waals surface area contributed by atoms with Crippen molar-refractivity contribution in [3.05, 3.63) is 29.8 Å². The van der Waals surface area contributed by atoms with E-state index in [0.717, 1.165) is 18.6 Å². The molecule has 1 aromatic carbocycles. The first-order chi connectivity index (χ1) is 8.95. The zero-order valence-corrected chi connectivity index (χ0v) is 11.2. The molecule has 7 heteroatoms. The third-order valence-electron chi connectivity index (χ3n) is 3.33. The van der Waals surface area contributed by atoms with Crippen molar-refractivity contribution in [1.29, 1.82) is 0 Å². The van der Waals surface area contributed by atoms with Gasteiger partial charge in [0.2, 0.25) is 10.0 Å². The van der Waals surface area contributed by atoms with E-state index < -0.39 is 26.6 Å². The molecular weight excluding hydrogens is 274 g/mol. The van der Waals surface area contributed by atoms with Crippen LogP contribution in [0.2, 0.25) is 0 Å². The molecular formula is C12H16F2N2O2S. The van der Waals surface area contributed by atoms with Crippen molar-refractivity contribution in [1.82, 2.24) is 4.31 Å². The van der Waals surface area contributed by atoms with Crippen LogP contribution in [0, 0.1) is 17.6 Å². The van der Waals surface area contributed by atoms with Crippen molar-refractivity contribution < 1.29 is 17.2 Å². The number of rotatable bonds is 3. The van der Waals surface area contributed by atoms with E-state index in [1.54, 1.807) is 0 Å². The predicted molar refractivity (Wildman–Crippen MR) is 66.9 cm³/mol. The molecule has 4 nitrogen and oxygen atoms in total. The van der Waals surface area contributed by atoms with Gasteiger partial charge in [-0.1, -0.05) is 0 Å². The first-order valence-corrected chi connectivity index (χ1v) is 7.54. The maximum atomic E-state index is 13.6. The lowest BCUT2D eigenvalue weighted by Crippen LogP contribution is -2.42. The van der Waals surface area contributed by atoms with Gasteiger partial charge in [-0.2, -0.15) is 4.31 Å². The van der Waals surface area contributed by atoms with E-state index in [4.69, 9.17) is 5.73 Å². The predicted octanol–water partition coefficient (Wildman–Crippen LogP) is 1.32. The summed E-state index contributed by atoms with van der Waals surface area (Å²) in [4.78, 5) is -0.480. The van der Waals surface area contributed by atoms with Crippen LogP contribution in [-0.4, -0.2) is 32.4 Å². The van der Waals surface area contributed by atoms with Crippen LogP contribution >= 0.6 is 0 Å². The summed E-state index contributed by atoms with van der Waals surface area (Å²) in [5.74, 6) is -1.77. The summed E-state index contributed by atoms with van der Waals surface area (Å²) >= 11 is 0. The summed E-state index contributed by atoms with van der Waals surface area (Å²) in [6.45, 7) is 1.03. The lowest BCUT2D eigenvalue weighted by atomic mass is 10.0. The molecule has 1 fully saturated rings. The number of nitrogens with two attached hydrogens (primary N) is 1. The van der Waals surface area contributed by atoms with Crippen LogP contribution in [0.5, 0.6) is 0 Å². The molecule has 0 spiro atoms. The monoisotopic (exact) mass is 290 g/mol. The topological polar surface area (TPSA) is 63.4 Å². The van der Waals surface area contributed by atoms with Gasteiger partial charge in [-0.15, -0.1) is 0 Å². The molecule has 1 aliphatic heterocycles. The van der Waals surface area contributed by atoms with Gasteiger partial charge in [-0.25, -0.2) is 17.2 Å². The Morgan fingerprint density at radius 1 is 1.37 bits per heavy atom. The molecule has 106 valence electrons. The van der Waals surface area contributed by atoms with Gasteiger partial charge in [0.15, 0.2) is 0 Å². The average molecular weight is 290 g/mol. The Hall–Kier alpha value is -1.05. The Bertz CT molecular complexity index is 563. The fourth-order valence-electron chi connectivity index (χ4n) is 2.26. The first-order valence-electron chi connectivity index (χ1n) is 6.10. The second-order valence-corrected chi connectivity index (χ2v) is 6.59. The summed E-state index contributed by atoms with van der Waals surface area (Å²) in [6, 6.07) is 2.49. The number of benzene rings is 1. The number of hydrogen-bond donors (Lipinski definition) is 1. The van der Waals surface area contributed by atoms with Crippen molar-refractivity contribution >= 4 is 10.0 Å². The van der Waals surface area contributed by atoms with Crippen molar-refractivity contribution in [3.8, 4) is 0 Å². The maximum Gasteiger partial charge on any atom is 0.245 e. The van der Waals surface area contributed by atoms with E-state index >= 15 is 0 Å². The van der Waals surface area contributed by atoms with Gasteiger partial charge in [0.25, 0.3) is 0 Å². The standard InChI is InChI=1S/C12H16F2N2O2S/c13-10-3-4-12(11(14)6-10)19(17,18)16-5-1-2-9(7-15)8-16/h3-4,6,9H,1-2,5,7-8,15H2. The molecule has 2 rings (SSSR count). The van der Waals surface area contributed by atoms with Crippen LogP contribution in [0.1, 0.15) is 12.8 Å². The maximum absolute atomic E-state index is 13.6. The second-order valence-electron chi connectivity index (χ2n) is 4.68. The molecule has 19 heavy (non-hydrogen) atoms. The summed E-state index contributed by atoms with van der Waals surface area (Å²) in [7, 11) is -3.92. The SMILES string of the molecule is NCC1CCCN(S(=O)(=O)c2ccc(F)cc2F)C1. The van der Waals surface area contributed by atoms with Gasteiger partial charge in [0.05, 0.1) is 0 Å². The molecule has 0 bridgehead atoms.